The van der Waals surface area contributed by atoms with Gasteiger partial charge in [-0.25, -0.2) is 24.5 Å². The van der Waals surface area contributed by atoms with Crippen molar-refractivity contribution in [3.63, 3.8) is 0 Å². The number of aromatic amines is 1. The number of rotatable bonds is 9. The summed E-state index contributed by atoms with van der Waals surface area (Å²) in [4.78, 5) is 48.0. The topological polar surface area (TPSA) is 232 Å². The van der Waals surface area contributed by atoms with Crippen molar-refractivity contribution in [2.24, 2.45) is 0 Å². The zero-order valence-corrected chi connectivity index (χ0v) is 30.4. The first-order valence-electron chi connectivity index (χ1n) is 17.2. The van der Waals surface area contributed by atoms with E-state index in [9.17, 15) is 54.7 Å². The van der Waals surface area contributed by atoms with Crippen LogP contribution < -0.4 is 10.1 Å². The summed E-state index contributed by atoms with van der Waals surface area (Å²) in [5.41, 5.74) is 0.394. The third kappa shape index (κ3) is 11.8. The van der Waals surface area contributed by atoms with E-state index in [0.717, 1.165) is 35.1 Å². The van der Waals surface area contributed by atoms with Gasteiger partial charge in [-0.05, 0) is 44.7 Å². The van der Waals surface area contributed by atoms with E-state index in [-0.39, 0.29) is 30.2 Å². The third-order valence-corrected chi connectivity index (χ3v) is 9.04. The number of ether oxygens (including phenoxy) is 1. The maximum Gasteiger partial charge on any atom is 0.490 e. The second-order valence-electron chi connectivity index (χ2n) is 13.4. The van der Waals surface area contributed by atoms with Crippen LogP contribution in [0.2, 0.25) is 0 Å². The van der Waals surface area contributed by atoms with Crippen LogP contribution in [-0.4, -0.2) is 118 Å². The van der Waals surface area contributed by atoms with Crippen molar-refractivity contribution in [1.29, 1.82) is 5.26 Å². The zero-order valence-electron chi connectivity index (χ0n) is 30.4. The summed E-state index contributed by atoms with van der Waals surface area (Å²) in [5, 5.41) is 41.1. The van der Waals surface area contributed by atoms with Crippen molar-refractivity contribution in [2.75, 3.05) is 19.7 Å². The number of nitrogens with one attached hydrogen (secondary N) is 2. The number of aliphatic hydroxyl groups excluding tert-OH is 1. The lowest BCUT2D eigenvalue weighted by Gasteiger charge is -2.53. The number of amides is 1. The van der Waals surface area contributed by atoms with Gasteiger partial charge in [0.05, 0.1) is 31.0 Å². The number of halogens is 9. The summed E-state index contributed by atoms with van der Waals surface area (Å²) < 4.78 is 112. The number of aliphatic hydroxyl groups is 1. The zero-order chi connectivity index (χ0) is 43.9. The Morgan fingerprint density at radius 2 is 1.63 bits per heavy atom. The van der Waals surface area contributed by atoms with Gasteiger partial charge in [-0.15, -0.1) is 0 Å². The smallest absolute Gasteiger partial charge is 0.475 e. The van der Waals surface area contributed by atoms with E-state index >= 15 is 0 Å². The monoisotopic (exact) mass is 851 g/mol. The van der Waals surface area contributed by atoms with Crippen molar-refractivity contribution in [2.45, 2.75) is 81.3 Å². The van der Waals surface area contributed by atoms with Gasteiger partial charge in [-0.1, -0.05) is 0 Å². The minimum atomic E-state index is -5.08. The van der Waals surface area contributed by atoms with Gasteiger partial charge in [0.25, 0.3) is 5.91 Å². The summed E-state index contributed by atoms with van der Waals surface area (Å²) in [6.45, 7) is 2.46. The number of carboxylic acids is 2. The summed E-state index contributed by atoms with van der Waals surface area (Å²) in [5.74, 6) is -6.53. The number of carboxylic acid groups (broad SMARTS) is 2. The first-order valence-corrected chi connectivity index (χ1v) is 17.2. The minimum Gasteiger partial charge on any atom is -0.475 e. The van der Waals surface area contributed by atoms with Gasteiger partial charge in [-0.3, -0.25) is 14.4 Å². The molecule has 5 heterocycles. The largest absolute Gasteiger partial charge is 0.490 e. The lowest BCUT2D eigenvalue weighted by molar-refractivity contribution is -0.193. The highest BCUT2D eigenvalue weighted by Crippen LogP contribution is 2.39. The van der Waals surface area contributed by atoms with Gasteiger partial charge in [0.15, 0.2) is 0 Å². The number of fused-ring (bicyclic) bond motifs is 1. The second kappa shape index (κ2) is 18.3. The number of nitriles is 1. The first-order chi connectivity index (χ1) is 27.5. The second-order valence-corrected chi connectivity index (χ2v) is 13.4. The van der Waals surface area contributed by atoms with Crippen molar-refractivity contribution in [3.8, 4) is 23.2 Å². The number of hydrogen-bond donors (Lipinski definition) is 5. The van der Waals surface area contributed by atoms with E-state index < -0.39 is 53.6 Å². The van der Waals surface area contributed by atoms with Gasteiger partial charge in [-0.2, -0.15) is 49.9 Å². The van der Waals surface area contributed by atoms with Crippen molar-refractivity contribution >= 4 is 28.9 Å². The molecule has 320 valence electrons. The van der Waals surface area contributed by atoms with E-state index in [4.69, 9.17) is 24.5 Å². The molecule has 4 aromatic rings. The highest BCUT2D eigenvalue weighted by Gasteiger charge is 2.48. The predicted molar refractivity (Wildman–Crippen MR) is 182 cm³/mol. The van der Waals surface area contributed by atoms with Gasteiger partial charge in [0.1, 0.15) is 29.3 Å². The number of aliphatic carboxylic acids is 2. The van der Waals surface area contributed by atoms with E-state index in [1.165, 1.54) is 19.3 Å². The van der Waals surface area contributed by atoms with Crippen LogP contribution in [0.3, 0.4) is 0 Å². The maximum atomic E-state index is 13.6. The summed E-state index contributed by atoms with van der Waals surface area (Å²) >= 11 is 0. The number of hydrogen-bond acceptors (Lipinski definition) is 11. The molecule has 0 aromatic carbocycles. The molecule has 0 unspecified atom stereocenters. The van der Waals surface area contributed by atoms with Crippen LogP contribution in [0.15, 0.2) is 43.1 Å². The number of carbonyl (C=O) groups is 3. The Kier molecular flexibility index (Phi) is 14.1. The molecule has 1 saturated heterocycles. The number of alkyl halides is 9. The van der Waals surface area contributed by atoms with Crippen molar-refractivity contribution in [3.05, 3.63) is 54.4 Å². The van der Waals surface area contributed by atoms with Gasteiger partial charge < -0.3 is 30.4 Å². The Morgan fingerprint density at radius 1 is 1.02 bits per heavy atom. The molecule has 1 aliphatic carbocycles. The number of H-pyrrole nitrogens is 1. The first kappa shape index (κ1) is 45.7. The van der Waals surface area contributed by atoms with Crippen LogP contribution in [0.4, 0.5) is 39.5 Å². The Hall–Kier alpha value is -6.03. The van der Waals surface area contributed by atoms with Gasteiger partial charge in [0, 0.05) is 60.1 Å². The highest BCUT2D eigenvalue weighted by molar-refractivity contribution is 5.94. The highest BCUT2D eigenvalue weighted by atomic mass is 19.4. The van der Waals surface area contributed by atoms with Crippen LogP contribution in [0, 0.1) is 11.3 Å². The quantitative estimate of drug-likeness (QED) is 0.141. The number of likely N-dealkylation sites (tertiary alicyclic amines) is 1. The standard InChI is InChI=1S/C30H32F3N9O3.2C2HF3O2/c1-18(14-43)39-28(44)19-10-24(30(31,32)33)40-25(11-19)45-22-4-2-21(3-5-22)41-15-29(16-41,7-8-34)42-13-20(12-38-42)26-23-6-9-35-27(23)37-17-36-26;2*3-2(4,5)1(6)7/h6,9-13,17-18,21-22,43H,2-5,7,14-16H2,1H3,(H,39,44)(H,35,36,37);2*(H,6,7)/t18-,21?,22?;;/m1../s1. The van der Waals surface area contributed by atoms with Crippen molar-refractivity contribution in [1.82, 2.24) is 39.9 Å². The molecule has 5 N–H and O–H groups in total. The molecular formula is C34H34F9N9O7. The van der Waals surface area contributed by atoms with Crippen LogP contribution in [0.1, 0.15) is 55.1 Å². The van der Waals surface area contributed by atoms with Gasteiger partial charge >= 0.3 is 30.5 Å². The van der Waals surface area contributed by atoms with Crippen LogP contribution in [0.5, 0.6) is 5.88 Å². The molecule has 16 nitrogen and oxygen atoms in total. The number of aromatic nitrogens is 6. The number of pyridine rings is 1. The van der Waals surface area contributed by atoms with Crippen LogP contribution >= 0.6 is 0 Å². The molecule has 0 spiro atoms. The molecule has 0 radical (unpaired) electrons. The molecule has 4 aromatic heterocycles. The summed E-state index contributed by atoms with van der Waals surface area (Å²) in [7, 11) is 0. The molecule has 25 heteroatoms. The lowest BCUT2D eigenvalue weighted by atomic mass is 9.82. The molecule has 0 bridgehead atoms. The molecule has 1 aliphatic heterocycles. The van der Waals surface area contributed by atoms with E-state index in [1.807, 2.05) is 16.9 Å². The Bertz CT molecular complexity index is 2110. The SMILES string of the molecule is C[C@H](CO)NC(=O)c1cc(OC2CCC(N3CC(CC#N)(n4cc(-c5ncnc6[nH]ccc56)cn4)C3)CC2)nc(C(F)(F)F)c1.O=C(O)C(F)(F)F.O=C(O)C(F)(F)F. The predicted octanol–water partition coefficient (Wildman–Crippen LogP) is 4.93. The Labute approximate surface area is 326 Å². The van der Waals surface area contributed by atoms with Crippen molar-refractivity contribution < 1.29 is 74.0 Å². The Morgan fingerprint density at radius 3 is 2.17 bits per heavy atom. The average molecular weight is 852 g/mol. The third-order valence-electron chi connectivity index (χ3n) is 9.04. The molecule has 1 saturated carbocycles. The molecule has 6 rings (SSSR count). The number of nitrogens with zero attached hydrogens (tertiary/aromatic N) is 7. The Balaban J connectivity index is 0.000000471. The summed E-state index contributed by atoms with van der Waals surface area (Å²) in [6.07, 6.45) is -5.31. The minimum absolute atomic E-state index is 0.226. The molecule has 2 aliphatic rings. The fraction of sp³-hybridized carbons (Fsp3) is 0.471. The van der Waals surface area contributed by atoms with Gasteiger partial charge in [0.2, 0.25) is 5.88 Å². The summed E-state index contributed by atoms with van der Waals surface area (Å²) in [6, 6.07) is 5.71. The number of carbonyl (C=O) groups excluding carboxylic acids is 1. The average Bonchev–Trinajstić information content (AvgIpc) is 3.83. The lowest BCUT2D eigenvalue weighted by Crippen LogP contribution is -2.65. The van der Waals surface area contributed by atoms with E-state index in [0.29, 0.717) is 38.4 Å². The normalized spacial score (nSPS) is 18.5. The molecular weight excluding hydrogens is 817 g/mol. The maximum absolute atomic E-state index is 13.6. The van der Waals surface area contributed by atoms with Crippen LogP contribution in [0.25, 0.3) is 22.3 Å². The fourth-order valence-corrected chi connectivity index (χ4v) is 6.15. The fourth-order valence-electron chi connectivity index (χ4n) is 6.15. The molecule has 2 fully saturated rings. The van der Waals surface area contributed by atoms with E-state index in [2.05, 4.69) is 41.3 Å². The molecule has 1 amide bonds. The van der Waals surface area contributed by atoms with Crippen LogP contribution in [-0.2, 0) is 21.3 Å². The van der Waals surface area contributed by atoms with E-state index in [1.54, 1.807) is 12.4 Å². The molecule has 1 atom stereocenters. The molecule has 59 heavy (non-hydrogen) atoms.